The number of nitrogens with zero attached hydrogens (tertiary/aromatic N) is 3. The summed E-state index contributed by atoms with van der Waals surface area (Å²) in [5.41, 5.74) is 2.08. The van der Waals surface area contributed by atoms with Crippen LogP contribution >= 0.6 is 11.6 Å². The Morgan fingerprint density at radius 1 is 1.17 bits per heavy atom. The Morgan fingerprint density at radius 3 is 2.53 bits per heavy atom. The molecule has 0 aliphatic rings. The van der Waals surface area contributed by atoms with E-state index in [0.29, 0.717) is 35.5 Å². The summed E-state index contributed by atoms with van der Waals surface area (Å²) in [5.74, 6) is 1.58. The smallest absolute Gasteiger partial charge is 0.260 e. The Morgan fingerprint density at radius 2 is 1.87 bits per heavy atom. The van der Waals surface area contributed by atoms with Gasteiger partial charge in [-0.05, 0) is 44.5 Å². The van der Waals surface area contributed by atoms with Crippen LogP contribution in [0.4, 0.5) is 0 Å². The van der Waals surface area contributed by atoms with Crippen LogP contribution in [0.5, 0.6) is 5.75 Å². The molecule has 1 atom stereocenters. The highest BCUT2D eigenvalue weighted by molar-refractivity contribution is 6.30. The van der Waals surface area contributed by atoms with Crippen LogP contribution in [0.3, 0.4) is 0 Å². The first-order valence-electron chi connectivity index (χ1n) is 10.0. The van der Waals surface area contributed by atoms with E-state index < -0.39 is 0 Å². The van der Waals surface area contributed by atoms with Gasteiger partial charge in [0.25, 0.3) is 5.91 Å². The molecule has 2 aromatic carbocycles. The van der Waals surface area contributed by atoms with Crippen LogP contribution in [0.15, 0.2) is 53.1 Å². The summed E-state index contributed by atoms with van der Waals surface area (Å²) in [4.78, 5) is 19.0. The summed E-state index contributed by atoms with van der Waals surface area (Å²) in [6.07, 6.45) is 1.32. The maximum absolute atomic E-state index is 12.8. The van der Waals surface area contributed by atoms with Gasteiger partial charge in [-0.2, -0.15) is 4.98 Å². The SMILES string of the molecule is CCC(C)N(CCc1nc(-c2ccc(C)cc2)no1)C(=O)COc1ccc(Cl)cc1. The van der Waals surface area contributed by atoms with Gasteiger partial charge in [-0.25, -0.2) is 0 Å². The summed E-state index contributed by atoms with van der Waals surface area (Å²) < 4.78 is 11.0. The minimum atomic E-state index is -0.0856. The number of hydrogen-bond acceptors (Lipinski definition) is 5. The van der Waals surface area contributed by atoms with E-state index in [2.05, 4.69) is 10.1 Å². The summed E-state index contributed by atoms with van der Waals surface area (Å²) in [6.45, 7) is 6.54. The molecule has 0 spiro atoms. The van der Waals surface area contributed by atoms with E-state index in [9.17, 15) is 4.79 Å². The lowest BCUT2D eigenvalue weighted by molar-refractivity contribution is -0.135. The van der Waals surface area contributed by atoms with Crippen LogP contribution in [0.2, 0.25) is 5.02 Å². The zero-order valence-electron chi connectivity index (χ0n) is 17.5. The lowest BCUT2D eigenvalue weighted by Gasteiger charge is -2.28. The van der Waals surface area contributed by atoms with E-state index in [4.69, 9.17) is 20.9 Å². The molecular weight excluding hydrogens is 402 g/mol. The molecule has 0 N–H and O–H groups in total. The lowest BCUT2D eigenvalue weighted by Crippen LogP contribution is -2.42. The number of carbonyl (C=O) groups excluding carboxylic acids is 1. The molecule has 1 amide bonds. The number of benzene rings is 2. The van der Waals surface area contributed by atoms with Gasteiger partial charge in [0.1, 0.15) is 5.75 Å². The largest absolute Gasteiger partial charge is 0.484 e. The summed E-state index contributed by atoms with van der Waals surface area (Å²) >= 11 is 5.88. The quantitative estimate of drug-likeness (QED) is 0.483. The number of carbonyl (C=O) groups is 1. The van der Waals surface area contributed by atoms with Crippen molar-refractivity contribution < 1.29 is 14.1 Å². The number of aromatic nitrogens is 2. The molecule has 158 valence electrons. The minimum absolute atomic E-state index is 0.0373. The van der Waals surface area contributed by atoms with Crippen LogP contribution in [-0.4, -0.2) is 40.1 Å². The third-order valence-electron chi connectivity index (χ3n) is 4.96. The number of aryl methyl sites for hydroxylation is 1. The highest BCUT2D eigenvalue weighted by Crippen LogP contribution is 2.18. The van der Waals surface area contributed by atoms with Gasteiger partial charge in [-0.3, -0.25) is 4.79 Å². The Kier molecular flexibility index (Phi) is 7.46. The maximum Gasteiger partial charge on any atom is 0.260 e. The Hall–Kier alpha value is -2.86. The molecule has 1 aromatic heterocycles. The average molecular weight is 428 g/mol. The lowest BCUT2D eigenvalue weighted by atomic mass is 10.1. The predicted octanol–water partition coefficient (Wildman–Crippen LogP) is 4.95. The molecule has 0 radical (unpaired) electrons. The standard InChI is InChI=1S/C23H26ClN3O3/c1-4-17(3)27(22(28)15-29-20-11-9-19(24)10-12-20)14-13-21-25-23(26-30-21)18-7-5-16(2)6-8-18/h5-12,17H,4,13-15H2,1-3H3. The van der Waals surface area contributed by atoms with Crippen LogP contribution in [0, 0.1) is 6.92 Å². The van der Waals surface area contributed by atoms with Crippen molar-refractivity contribution in [1.29, 1.82) is 0 Å². The molecule has 0 aliphatic heterocycles. The molecule has 30 heavy (non-hydrogen) atoms. The zero-order valence-corrected chi connectivity index (χ0v) is 18.2. The van der Waals surface area contributed by atoms with Crippen molar-refractivity contribution in [3.8, 4) is 17.1 Å². The second-order valence-corrected chi connectivity index (χ2v) is 7.65. The molecule has 3 aromatic rings. The highest BCUT2D eigenvalue weighted by Gasteiger charge is 2.21. The number of amides is 1. The molecule has 1 heterocycles. The summed E-state index contributed by atoms with van der Waals surface area (Å²) in [7, 11) is 0. The van der Waals surface area contributed by atoms with Crippen molar-refractivity contribution in [1.82, 2.24) is 15.0 Å². The fourth-order valence-electron chi connectivity index (χ4n) is 2.96. The maximum atomic E-state index is 12.8. The molecule has 7 heteroatoms. The van der Waals surface area contributed by atoms with Crippen molar-refractivity contribution in [2.45, 2.75) is 39.7 Å². The molecule has 1 unspecified atom stereocenters. The first kappa shape index (κ1) is 21.8. The van der Waals surface area contributed by atoms with Gasteiger partial charge in [0, 0.05) is 29.6 Å². The summed E-state index contributed by atoms with van der Waals surface area (Å²) in [5, 5.41) is 4.69. The summed E-state index contributed by atoms with van der Waals surface area (Å²) in [6, 6.07) is 15.0. The number of ether oxygens (including phenoxy) is 1. The normalized spacial score (nSPS) is 11.9. The minimum Gasteiger partial charge on any atom is -0.484 e. The van der Waals surface area contributed by atoms with E-state index >= 15 is 0 Å². The number of hydrogen-bond donors (Lipinski definition) is 0. The molecule has 0 bridgehead atoms. The first-order chi connectivity index (χ1) is 14.5. The molecule has 6 nitrogen and oxygen atoms in total. The van der Waals surface area contributed by atoms with E-state index in [-0.39, 0.29) is 18.6 Å². The van der Waals surface area contributed by atoms with Gasteiger partial charge < -0.3 is 14.2 Å². The molecule has 0 saturated heterocycles. The molecule has 0 fully saturated rings. The molecule has 3 rings (SSSR count). The highest BCUT2D eigenvalue weighted by atomic mass is 35.5. The average Bonchev–Trinajstić information content (AvgIpc) is 3.22. The van der Waals surface area contributed by atoms with E-state index in [1.165, 1.54) is 5.56 Å². The van der Waals surface area contributed by atoms with Gasteiger partial charge in [0.2, 0.25) is 11.7 Å². The first-order valence-corrected chi connectivity index (χ1v) is 10.4. The Balaban J connectivity index is 1.60. The number of rotatable bonds is 9. The Bertz CT molecular complexity index is 955. The van der Waals surface area contributed by atoms with Crippen molar-refractivity contribution in [3.63, 3.8) is 0 Å². The molecular formula is C23H26ClN3O3. The third kappa shape index (κ3) is 5.83. The van der Waals surface area contributed by atoms with Crippen molar-refractivity contribution in [2.75, 3.05) is 13.2 Å². The second-order valence-electron chi connectivity index (χ2n) is 7.21. The van der Waals surface area contributed by atoms with Crippen LogP contribution in [-0.2, 0) is 11.2 Å². The monoisotopic (exact) mass is 427 g/mol. The van der Waals surface area contributed by atoms with E-state index in [1.807, 2.05) is 45.0 Å². The van der Waals surface area contributed by atoms with Gasteiger partial charge in [-0.1, -0.05) is 53.5 Å². The Labute approximate surface area is 181 Å². The van der Waals surface area contributed by atoms with Crippen molar-refractivity contribution >= 4 is 17.5 Å². The van der Waals surface area contributed by atoms with Gasteiger partial charge >= 0.3 is 0 Å². The van der Waals surface area contributed by atoms with Crippen LogP contribution < -0.4 is 4.74 Å². The van der Waals surface area contributed by atoms with E-state index in [0.717, 1.165) is 12.0 Å². The van der Waals surface area contributed by atoms with Crippen molar-refractivity contribution in [3.05, 3.63) is 65.0 Å². The topological polar surface area (TPSA) is 68.5 Å². The fourth-order valence-corrected chi connectivity index (χ4v) is 3.09. The van der Waals surface area contributed by atoms with Crippen molar-refractivity contribution in [2.24, 2.45) is 0 Å². The second kappa shape index (κ2) is 10.3. The number of halogens is 1. The van der Waals surface area contributed by atoms with Gasteiger partial charge in [0.05, 0.1) is 0 Å². The zero-order chi connectivity index (χ0) is 21.5. The molecule has 0 aliphatic carbocycles. The predicted molar refractivity (Wildman–Crippen MR) is 117 cm³/mol. The van der Waals surface area contributed by atoms with E-state index in [1.54, 1.807) is 29.2 Å². The molecule has 0 saturated carbocycles. The van der Waals surface area contributed by atoms with Gasteiger partial charge in [-0.15, -0.1) is 0 Å². The van der Waals surface area contributed by atoms with Crippen LogP contribution in [0.25, 0.3) is 11.4 Å². The van der Waals surface area contributed by atoms with Gasteiger partial charge in [0.15, 0.2) is 6.61 Å². The third-order valence-corrected chi connectivity index (χ3v) is 5.22. The van der Waals surface area contributed by atoms with Crippen LogP contribution in [0.1, 0.15) is 31.7 Å². The fraction of sp³-hybridized carbons (Fsp3) is 0.348.